The number of rotatable bonds is 4. The van der Waals surface area contributed by atoms with Crippen LogP contribution in [0.1, 0.15) is 10.9 Å². The quantitative estimate of drug-likeness (QED) is 0.601. The van der Waals surface area contributed by atoms with E-state index < -0.39 is 11.3 Å². The molecule has 1 aromatic rings. The van der Waals surface area contributed by atoms with Gasteiger partial charge in [0.05, 0.1) is 21.3 Å². The minimum Gasteiger partial charge on any atom is -0.497 e. The predicted octanol–water partition coefficient (Wildman–Crippen LogP) is 2.16. The van der Waals surface area contributed by atoms with Crippen molar-refractivity contribution >= 4 is 17.6 Å². The van der Waals surface area contributed by atoms with Gasteiger partial charge in [0.15, 0.2) is 5.38 Å². The minimum atomic E-state index is -0.907. The molecule has 0 aromatic heterocycles. The lowest BCUT2D eigenvalue weighted by Crippen LogP contribution is -2.10. The lowest BCUT2D eigenvalue weighted by molar-refractivity contribution is -0.140. The second-order valence-electron chi connectivity index (χ2n) is 2.99. The number of hydrogen-bond donors (Lipinski definition) is 0. The average molecular weight is 245 g/mol. The molecule has 0 aliphatic rings. The molecular formula is C11H13ClO4. The molecule has 16 heavy (non-hydrogen) atoms. The number of carbonyl (C=O) groups excluding carboxylic acids is 1. The van der Waals surface area contributed by atoms with E-state index in [1.807, 2.05) is 0 Å². The molecule has 0 spiro atoms. The monoisotopic (exact) mass is 244 g/mol. The first-order valence-corrected chi connectivity index (χ1v) is 5.01. The summed E-state index contributed by atoms with van der Waals surface area (Å²) in [5, 5.41) is -0.907. The van der Waals surface area contributed by atoms with E-state index in [9.17, 15) is 4.79 Å². The van der Waals surface area contributed by atoms with Crippen molar-refractivity contribution in [2.75, 3.05) is 21.3 Å². The van der Waals surface area contributed by atoms with E-state index in [1.165, 1.54) is 21.3 Å². The molecule has 0 heterocycles. The fourth-order valence-electron chi connectivity index (χ4n) is 1.27. The highest BCUT2D eigenvalue weighted by Crippen LogP contribution is 2.33. The van der Waals surface area contributed by atoms with Gasteiger partial charge in [0.1, 0.15) is 11.5 Å². The number of hydrogen-bond acceptors (Lipinski definition) is 4. The predicted molar refractivity (Wildman–Crippen MR) is 60.2 cm³/mol. The van der Waals surface area contributed by atoms with Crippen LogP contribution in [0.2, 0.25) is 0 Å². The van der Waals surface area contributed by atoms with Crippen LogP contribution in [0.5, 0.6) is 11.5 Å². The molecule has 1 unspecified atom stereocenters. The second kappa shape index (κ2) is 5.61. The molecule has 1 aromatic carbocycles. The van der Waals surface area contributed by atoms with Gasteiger partial charge in [-0.15, -0.1) is 11.6 Å². The second-order valence-corrected chi connectivity index (χ2v) is 3.43. The number of ether oxygens (including phenoxy) is 3. The third kappa shape index (κ3) is 2.58. The van der Waals surface area contributed by atoms with Gasteiger partial charge in [0.25, 0.3) is 0 Å². The Labute approximate surface area is 99.1 Å². The third-order valence-corrected chi connectivity index (χ3v) is 2.53. The number of methoxy groups -OCH3 is 3. The molecule has 1 rings (SSSR count). The summed E-state index contributed by atoms with van der Waals surface area (Å²) in [5.74, 6) is 0.588. The Hall–Kier alpha value is -1.42. The summed E-state index contributed by atoms with van der Waals surface area (Å²) in [5.41, 5.74) is 0.523. The van der Waals surface area contributed by atoms with Gasteiger partial charge in [0.2, 0.25) is 0 Å². The molecule has 1 atom stereocenters. The summed E-state index contributed by atoms with van der Waals surface area (Å²) in [6.45, 7) is 0. The molecule has 4 nitrogen and oxygen atoms in total. The summed E-state index contributed by atoms with van der Waals surface area (Å²) >= 11 is 5.96. The molecule has 0 saturated heterocycles. The number of alkyl halides is 1. The minimum absolute atomic E-state index is 0.520. The molecule has 0 radical (unpaired) electrons. The van der Waals surface area contributed by atoms with Crippen LogP contribution in [-0.4, -0.2) is 27.3 Å². The lowest BCUT2D eigenvalue weighted by Gasteiger charge is -2.13. The van der Waals surface area contributed by atoms with Gasteiger partial charge in [-0.2, -0.15) is 0 Å². The molecule has 5 heteroatoms. The normalized spacial score (nSPS) is 11.8. The standard InChI is InChI=1S/C11H13ClO4/c1-14-7-4-5-9(15-2)8(6-7)10(12)11(13)16-3/h4-6,10H,1-3H3. The van der Waals surface area contributed by atoms with Crippen molar-refractivity contribution in [3.63, 3.8) is 0 Å². The first kappa shape index (κ1) is 12.6. The van der Waals surface area contributed by atoms with E-state index in [0.717, 1.165) is 0 Å². The SMILES string of the molecule is COC(=O)C(Cl)c1cc(OC)ccc1OC. The van der Waals surface area contributed by atoms with Gasteiger partial charge in [-0.1, -0.05) is 0 Å². The molecule has 0 aliphatic carbocycles. The van der Waals surface area contributed by atoms with E-state index in [-0.39, 0.29) is 0 Å². The Kier molecular flexibility index (Phi) is 4.43. The molecule has 0 amide bonds. The van der Waals surface area contributed by atoms with Gasteiger partial charge >= 0.3 is 5.97 Å². The number of benzene rings is 1. The summed E-state index contributed by atoms with van der Waals surface area (Å²) in [6.07, 6.45) is 0. The summed E-state index contributed by atoms with van der Waals surface area (Å²) in [6, 6.07) is 5.06. The zero-order chi connectivity index (χ0) is 12.1. The summed E-state index contributed by atoms with van der Waals surface area (Å²) < 4.78 is 14.7. The van der Waals surface area contributed by atoms with Crippen LogP contribution in [0.25, 0.3) is 0 Å². The summed E-state index contributed by atoms with van der Waals surface area (Å²) in [4.78, 5) is 11.3. The molecule has 0 aliphatic heterocycles. The van der Waals surface area contributed by atoms with Crippen LogP contribution in [-0.2, 0) is 9.53 Å². The highest BCUT2D eigenvalue weighted by Gasteiger charge is 2.22. The smallest absolute Gasteiger partial charge is 0.328 e. The van der Waals surface area contributed by atoms with Crippen molar-refractivity contribution in [3.8, 4) is 11.5 Å². The van der Waals surface area contributed by atoms with Gasteiger partial charge in [-0.25, -0.2) is 0 Å². The fourth-order valence-corrected chi connectivity index (χ4v) is 1.53. The van der Waals surface area contributed by atoms with Gasteiger partial charge in [-0.05, 0) is 18.2 Å². The Morgan fingerprint density at radius 1 is 1.25 bits per heavy atom. The number of carbonyl (C=O) groups is 1. The Morgan fingerprint density at radius 3 is 2.44 bits per heavy atom. The highest BCUT2D eigenvalue weighted by molar-refractivity contribution is 6.30. The van der Waals surface area contributed by atoms with E-state index in [1.54, 1.807) is 18.2 Å². The van der Waals surface area contributed by atoms with E-state index >= 15 is 0 Å². The molecule has 0 N–H and O–H groups in total. The van der Waals surface area contributed by atoms with Crippen LogP contribution >= 0.6 is 11.6 Å². The summed E-state index contributed by atoms with van der Waals surface area (Å²) in [7, 11) is 4.32. The topological polar surface area (TPSA) is 44.8 Å². The van der Waals surface area contributed by atoms with Crippen LogP contribution in [0, 0.1) is 0 Å². The van der Waals surface area contributed by atoms with Crippen molar-refractivity contribution in [2.45, 2.75) is 5.38 Å². The first-order chi connectivity index (χ1) is 7.63. The molecular weight excluding hydrogens is 232 g/mol. The zero-order valence-electron chi connectivity index (χ0n) is 9.32. The Morgan fingerprint density at radius 2 is 1.94 bits per heavy atom. The molecule has 0 saturated carbocycles. The van der Waals surface area contributed by atoms with Crippen LogP contribution in [0.3, 0.4) is 0 Å². The molecule has 0 fully saturated rings. The fraction of sp³-hybridized carbons (Fsp3) is 0.364. The van der Waals surface area contributed by atoms with Crippen LogP contribution < -0.4 is 9.47 Å². The van der Waals surface area contributed by atoms with Crippen molar-refractivity contribution < 1.29 is 19.0 Å². The maximum Gasteiger partial charge on any atom is 0.328 e. The Bertz CT molecular complexity index is 378. The van der Waals surface area contributed by atoms with Crippen molar-refractivity contribution in [1.82, 2.24) is 0 Å². The molecule has 88 valence electrons. The first-order valence-electron chi connectivity index (χ1n) is 4.57. The van der Waals surface area contributed by atoms with Crippen LogP contribution in [0.15, 0.2) is 18.2 Å². The van der Waals surface area contributed by atoms with Crippen molar-refractivity contribution in [1.29, 1.82) is 0 Å². The average Bonchev–Trinajstić information content (AvgIpc) is 2.35. The van der Waals surface area contributed by atoms with Crippen LogP contribution in [0.4, 0.5) is 0 Å². The third-order valence-electron chi connectivity index (χ3n) is 2.12. The molecule has 0 bridgehead atoms. The van der Waals surface area contributed by atoms with E-state index in [4.69, 9.17) is 21.1 Å². The van der Waals surface area contributed by atoms with E-state index in [0.29, 0.717) is 17.1 Å². The van der Waals surface area contributed by atoms with Gasteiger partial charge in [-0.3, -0.25) is 4.79 Å². The largest absolute Gasteiger partial charge is 0.497 e. The number of halogens is 1. The van der Waals surface area contributed by atoms with Gasteiger partial charge in [0, 0.05) is 5.56 Å². The van der Waals surface area contributed by atoms with E-state index in [2.05, 4.69) is 4.74 Å². The Balaban J connectivity index is 3.12. The highest BCUT2D eigenvalue weighted by atomic mass is 35.5. The maximum atomic E-state index is 11.3. The maximum absolute atomic E-state index is 11.3. The zero-order valence-corrected chi connectivity index (χ0v) is 10.1. The van der Waals surface area contributed by atoms with Crippen molar-refractivity contribution in [3.05, 3.63) is 23.8 Å². The lowest BCUT2D eigenvalue weighted by atomic mass is 10.1. The van der Waals surface area contributed by atoms with Crippen molar-refractivity contribution in [2.24, 2.45) is 0 Å². The number of esters is 1. The van der Waals surface area contributed by atoms with Gasteiger partial charge < -0.3 is 14.2 Å².